The summed E-state index contributed by atoms with van der Waals surface area (Å²) in [6.45, 7) is 15.9. The van der Waals surface area contributed by atoms with Gasteiger partial charge < -0.3 is 28.8 Å². The van der Waals surface area contributed by atoms with Crippen molar-refractivity contribution in [3.8, 4) is 0 Å². The number of hydrogen-bond donors (Lipinski definition) is 1. The average molecular weight is 770 g/mol. The average Bonchev–Trinajstić information content (AvgIpc) is 3.61. The number of carbonyl (C=O) groups excluding carboxylic acids is 3. The maximum Gasteiger partial charge on any atom is 0.342 e. The number of halogens is 2. The van der Waals surface area contributed by atoms with Crippen LogP contribution < -0.4 is 0 Å². The molecule has 3 atom stereocenters. The zero-order valence-electron chi connectivity index (χ0n) is 31.3. The Morgan fingerprint density at radius 3 is 1.54 bits per heavy atom. The third-order valence-electron chi connectivity index (χ3n) is 6.85. The summed E-state index contributed by atoms with van der Waals surface area (Å²) in [6.07, 6.45) is 1.16. The van der Waals surface area contributed by atoms with Gasteiger partial charge in [0.05, 0.1) is 23.6 Å². The quantitative estimate of drug-likeness (QED) is 0.142. The third kappa shape index (κ3) is 12.5. The van der Waals surface area contributed by atoms with Crippen LogP contribution in [0.5, 0.6) is 0 Å². The van der Waals surface area contributed by atoms with Gasteiger partial charge in [0.1, 0.15) is 34.9 Å². The minimum atomic E-state index is -1.08. The summed E-state index contributed by atoms with van der Waals surface area (Å²) in [6, 6.07) is 3.17. The maximum atomic E-state index is 12.4. The van der Waals surface area contributed by atoms with Gasteiger partial charge in [-0.3, -0.25) is 9.59 Å². The molecule has 4 aromatic rings. The van der Waals surface area contributed by atoms with Crippen LogP contribution in [-0.4, -0.2) is 96.6 Å². The Morgan fingerprint density at radius 1 is 0.731 bits per heavy atom. The van der Waals surface area contributed by atoms with E-state index >= 15 is 0 Å². The van der Waals surface area contributed by atoms with Crippen molar-refractivity contribution in [3.63, 3.8) is 0 Å². The fourth-order valence-corrected chi connectivity index (χ4v) is 4.65. The molecule has 0 saturated carbocycles. The summed E-state index contributed by atoms with van der Waals surface area (Å²) >= 11 is 11.7. The van der Waals surface area contributed by atoms with Crippen LogP contribution in [0.4, 0.5) is 0 Å². The Morgan fingerprint density at radius 2 is 1.15 bits per heavy atom. The largest absolute Gasteiger partial charge is 0.478 e. The molecule has 0 unspecified atom stereocenters. The number of rotatable bonds is 10. The smallest absolute Gasteiger partial charge is 0.342 e. The van der Waals surface area contributed by atoms with Crippen molar-refractivity contribution in [1.29, 1.82) is 0 Å². The molecule has 4 aromatic heterocycles. The highest BCUT2D eigenvalue weighted by molar-refractivity contribution is 6.30. The van der Waals surface area contributed by atoms with E-state index in [1.807, 2.05) is 6.92 Å². The van der Waals surface area contributed by atoms with E-state index in [0.717, 1.165) is 0 Å². The van der Waals surface area contributed by atoms with Gasteiger partial charge in [-0.05, 0) is 62.3 Å². The van der Waals surface area contributed by atoms with Crippen molar-refractivity contribution >= 4 is 58.2 Å². The minimum Gasteiger partial charge on any atom is -0.478 e. The highest BCUT2D eigenvalue weighted by atomic mass is 35.5. The summed E-state index contributed by atoms with van der Waals surface area (Å²) in [4.78, 5) is 54.1. The number of ketones is 1. The second-order valence-electron chi connectivity index (χ2n) is 13.3. The van der Waals surface area contributed by atoms with E-state index in [4.69, 9.17) is 52.0 Å². The number of aromatic carboxylic acids is 1. The first kappa shape index (κ1) is 43.9. The molecular formula is C34H46Cl2N6O10. The van der Waals surface area contributed by atoms with Crippen LogP contribution in [0, 0.1) is 0 Å². The van der Waals surface area contributed by atoms with Crippen molar-refractivity contribution < 1.29 is 48.0 Å². The normalized spacial score (nSPS) is 13.3. The van der Waals surface area contributed by atoms with Crippen LogP contribution >= 0.6 is 23.2 Å². The third-order valence-corrected chi connectivity index (χ3v) is 7.22. The zero-order valence-corrected chi connectivity index (χ0v) is 32.8. The molecule has 286 valence electrons. The summed E-state index contributed by atoms with van der Waals surface area (Å²) < 4.78 is 28.6. The van der Waals surface area contributed by atoms with Crippen molar-refractivity contribution in [2.75, 3.05) is 21.3 Å². The molecule has 0 bridgehead atoms. The molecule has 0 radical (unpaired) electrons. The molecule has 18 heteroatoms. The molecule has 52 heavy (non-hydrogen) atoms. The van der Waals surface area contributed by atoms with Gasteiger partial charge in [0.2, 0.25) is 0 Å². The highest BCUT2D eigenvalue weighted by Crippen LogP contribution is 2.25. The Kier molecular flexibility index (Phi) is 15.6. The first-order valence-electron chi connectivity index (χ1n) is 15.9. The molecule has 1 N–H and O–H groups in total. The summed E-state index contributed by atoms with van der Waals surface area (Å²) in [5.74, 6) is -2.32. The van der Waals surface area contributed by atoms with E-state index in [2.05, 4.69) is 20.2 Å². The van der Waals surface area contributed by atoms with Gasteiger partial charge in [0, 0.05) is 45.9 Å². The van der Waals surface area contributed by atoms with Crippen molar-refractivity contribution in [3.05, 3.63) is 57.3 Å². The van der Waals surface area contributed by atoms with E-state index in [-0.39, 0.29) is 29.0 Å². The van der Waals surface area contributed by atoms with Crippen molar-refractivity contribution in [2.24, 2.45) is 0 Å². The molecule has 0 aliphatic carbocycles. The molecule has 0 aliphatic heterocycles. The van der Waals surface area contributed by atoms with Gasteiger partial charge in [-0.1, -0.05) is 23.2 Å². The van der Waals surface area contributed by atoms with Crippen LogP contribution in [0.1, 0.15) is 113 Å². The van der Waals surface area contributed by atoms with Gasteiger partial charge in [-0.25, -0.2) is 28.6 Å². The SMILES string of the molecule is CO[C@@H](C)C(=O)CC(=O)OC(C)(C)C.CO[C@@H](C)c1c(C(=O)O)cnc2cc(Cl)nn12.CO[C@@H](C)c1c(C(=O)OC(C)(C)C)cnc2cc(Cl)nn12. The Bertz CT molecular complexity index is 1880. The van der Waals surface area contributed by atoms with E-state index in [1.165, 1.54) is 35.6 Å². The van der Waals surface area contributed by atoms with E-state index in [0.29, 0.717) is 33.4 Å². The summed E-state index contributed by atoms with van der Waals surface area (Å²) in [5.41, 5.74) is 1.22. The fraction of sp³-hybridized carbons (Fsp3) is 0.529. The van der Waals surface area contributed by atoms with Gasteiger partial charge in [0.25, 0.3) is 0 Å². The zero-order chi connectivity index (χ0) is 39.7. The Labute approximate surface area is 311 Å². The number of esters is 2. The van der Waals surface area contributed by atoms with E-state index in [9.17, 15) is 19.2 Å². The lowest BCUT2D eigenvalue weighted by atomic mass is 10.1. The number of Topliss-reactive ketones (excluding diaryl/α,β-unsaturated/α-hetero) is 1. The lowest BCUT2D eigenvalue weighted by Gasteiger charge is -2.21. The van der Waals surface area contributed by atoms with Crippen molar-refractivity contribution in [1.82, 2.24) is 29.2 Å². The number of nitrogens with zero attached hydrogens (tertiary/aromatic N) is 6. The molecule has 4 heterocycles. The number of methoxy groups -OCH3 is 3. The molecule has 0 fully saturated rings. The number of carboxylic acid groups (broad SMARTS) is 1. The van der Waals surface area contributed by atoms with E-state index < -0.39 is 41.3 Å². The molecule has 0 saturated heterocycles. The fourth-order valence-electron chi connectivity index (χ4n) is 4.30. The topological polar surface area (TPSA) is 195 Å². The van der Waals surface area contributed by atoms with Gasteiger partial charge >= 0.3 is 17.9 Å². The molecular weight excluding hydrogens is 723 g/mol. The predicted octanol–water partition coefficient (Wildman–Crippen LogP) is 6.16. The summed E-state index contributed by atoms with van der Waals surface area (Å²) in [5, 5.41) is 17.8. The maximum absolute atomic E-state index is 12.4. The molecule has 0 amide bonds. The second kappa shape index (κ2) is 18.5. The number of fused-ring (bicyclic) bond motifs is 2. The van der Waals surface area contributed by atoms with Gasteiger partial charge in [-0.2, -0.15) is 10.2 Å². The minimum absolute atomic E-state index is 0.0478. The monoisotopic (exact) mass is 768 g/mol. The number of ether oxygens (including phenoxy) is 5. The number of hydrogen-bond acceptors (Lipinski definition) is 13. The number of aromatic nitrogens is 6. The number of carboxylic acids is 1. The Hall–Kier alpha value is -4.22. The standard InChI is InChI=1S/C14H18ClN3O3.C10H10ClN3O3.C10H18O4/c1-8(20-5)12-9(13(19)21-14(2,3)4)7-16-11-6-10(15)17-18(11)12;1-5(17-2)9-6(10(15)16)4-12-8-3-7(11)13-14(8)9;1-7(13-5)8(11)6-9(12)14-10(2,3)4/h6-8H,1-5H3;3-5H,1-2H3,(H,15,16);7H,6H2,1-5H3/t8-;5-;7-/m000/s1. The summed E-state index contributed by atoms with van der Waals surface area (Å²) in [7, 11) is 4.48. The molecule has 0 aliphatic rings. The van der Waals surface area contributed by atoms with Crippen LogP contribution in [0.2, 0.25) is 10.3 Å². The van der Waals surface area contributed by atoms with Gasteiger partial charge in [0.15, 0.2) is 27.4 Å². The van der Waals surface area contributed by atoms with Crippen LogP contribution in [0.25, 0.3) is 11.3 Å². The first-order chi connectivity index (χ1) is 24.0. The molecule has 4 rings (SSSR count). The Balaban J connectivity index is 0.000000277. The highest BCUT2D eigenvalue weighted by Gasteiger charge is 2.26. The van der Waals surface area contributed by atoms with Crippen LogP contribution in [0.15, 0.2) is 24.5 Å². The lowest BCUT2D eigenvalue weighted by molar-refractivity contribution is -0.157. The molecule has 0 aromatic carbocycles. The van der Waals surface area contributed by atoms with Crippen LogP contribution in [-0.2, 0) is 33.3 Å². The van der Waals surface area contributed by atoms with Crippen LogP contribution in [0.3, 0.4) is 0 Å². The lowest BCUT2D eigenvalue weighted by Crippen LogP contribution is -2.28. The van der Waals surface area contributed by atoms with Gasteiger partial charge in [-0.15, -0.1) is 0 Å². The predicted molar refractivity (Wildman–Crippen MR) is 191 cm³/mol. The molecule has 16 nitrogen and oxygen atoms in total. The molecule has 0 spiro atoms. The first-order valence-corrected chi connectivity index (χ1v) is 16.7. The number of carbonyl (C=O) groups is 4. The second-order valence-corrected chi connectivity index (χ2v) is 14.0. The van der Waals surface area contributed by atoms with E-state index in [1.54, 1.807) is 74.6 Å². The van der Waals surface area contributed by atoms with Crippen molar-refractivity contribution in [2.45, 2.75) is 98.2 Å².